The summed E-state index contributed by atoms with van der Waals surface area (Å²) in [6, 6.07) is 21.4. The molecule has 6 aromatic rings. The van der Waals surface area contributed by atoms with Gasteiger partial charge in [-0.1, -0.05) is 48.7 Å². The Labute approximate surface area is 393 Å². The maximum Gasteiger partial charge on any atom is 0.255 e. The van der Waals surface area contributed by atoms with Crippen molar-refractivity contribution in [2.75, 3.05) is 17.2 Å². The Balaban J connectivity index is 0.664. The van der Waals surface area contributed by atoms with E-state index in [-0.39, 0.29) is 43.0 Å². The number of carbonyl (C=O) groups is 5. The zero-order valence-electron chi connectivity index (χ0n) is 38.0. The average Bonchev–Trinajstić information content (AvgIpc) is 4.07. The number of aromatic nitrogens is 8. The number of anilines is 2. The number of aryl methyl sites for hydroxylation is 2. The molecule has 4 N–H and O–H groups in total. The number of hydrogen-bond donors (Lipinski definition) is 4. The van der Waals surface area contributed by atoms with Gasteiger partial charge in [-0.25, -0.2) is 9.97 Å². The van der Waals surface area contributed by atoms with Crippen LogP contribution in [0.4, 0.5) is 11.4 Å². The highest BCUT2D eigenvalue weighted by Crippen LogP contribution is 2.32. The van der Waals surface area contributed by atoms with Crippen LogP contribution in [0.5, 0.6) is 5.75 Å². The fraction of sp³-hybridized carbons (Fsp3) is 0.367. The summed E-state index contributed by atoms with van der Waals surface area (Å²) in [5, 5.41) is 28.8. The zero-order valence-corrected chi connectivity index (χ0v) is 38.0. The van der Waals surface area contributed by atoms with Crippen molar-refractivity contribution >= 4 is 40.9 Å². The Bertz CT molecular complexity index is 2740. The van der Waals surface area contributed by atoms with Gasteiger partial charge in [0.15, 0.2) is 11.6 Å². The molecule has 1 unspecified atom stereocenters. The van der Waals surface area contributed by atoms with Gasteiger partial charge >= 0.3 is 0 Å². The van der Waals surface area contributed by atoms with Crippen molar-refractivity contribution < 1.29 is 28.7 Å². The molecule has 1 saturated heterocycles. The minimum atomic E-state index is -0.711. The average molecular weight is 922 g/mol. The van der Waals surface area contributed by atoms with E-state index in [1.165, 1.54) is 11.2 Å². The highest BCUT2D eigenvalue weighted by atomic mass is 16.5. The number of imide groups is 1. The maximum atomic E-state index is 13.1. The van der Waals surface area contributed by atoms with Crippen molar-refractivity contribution in [2.45, 2.75) is 103 Å². The molecule has 0 radical (unpaired) electrons. The monoisotopic (exact) mass is 921 g/mol. The van der Waals surface area contributed by atoms with E-state index in [4.69, 9.17) is 4.74 Å². The second-order valence-electron chi connectivity index (χ2n) is 16.9. The topological polar surface area (TPSA) is 233 Å². The van der Waals surface area contributed by atoms with Gasteiger partial charge in [0.05, 0.1) is 18.8 Å². The second-order valence-corrected chi connectivity index (χ2v) is 16.9. The number of ether oxygens (including phenoxy) is 1. The first-order valence-electron chi connectivity index (χ1n) is 23.1. The number of carbonyl (C=O) groups excluding carboxylic acids is 5. The predicted molar refractivity (Wildman–Crippen MR) is 251 cm³/mol. The number of fused-ring (bicyclic) bond motifs is 1. The molecule has 68 heavy (non-hydrogen) atoms. The van der Waals surface area contributed by atoms with Gasteiger partial charge in [-0.15, -0.1) is 15.3 Å². The first-order valence-corrected chi connectivity index (χ1v) is 23.1. The quantitative estimate of drug-likeness (QED) is 0.0457. The van der Waals surface area contributed by atoms with Gasteiger partial charge in [0.25, 0.3) is 11.8 Å². The van der Waals surface area contributed by atoms with Crippen LogP contribution < -0.4 is 26.0 Å². The molecule has 352 valence electrons. The minimum Gasteiger partial charge on any atom is -0.494 e. The zero-order chi connectivity index (χ0) is 47.2. The van der Waals surface area contributed by atoms with Crippen molar-refractivity contribution in [3.05, 3.63) is 125 Å². The summed E-state index contributed by atoms with van der Waals surface area (Å²) >= 11 is 0. The van der Waals surface area contributed by atoms with Crippen molar-refractivity contribution in [2.24, 2.45) is 7.05 Å². The number of nitrogens with zero attached hydrogens (tertiary/aromatic N) is 9. The lowest BCUT2D eigenvalue weighted by Gasteiger charge is -2.29. The molecule has 1 fully saturated rings. The van der Waals surface area contributed by atoms with Crippen molar-refractivity contribution in [3.8, 4) is 17.3 Å². The van der Waals surface area contributed by atoms with E-state index in [0.29, 0.717) is 66.4 Å². The summed E-state index contributed by atoms with van der Waals surface area (Å²) in [4.78, 5) is 72.8. The molecular formula is C49H55N13O6. The Kier molecular flexibility index (Phi) is 15.5. The third kappa shape index (κ3) is 12.1. The van der Waals surface area contributed by atoms with Gasteiger partial charge in [-0.3, -0.25) is 34.0 Å². The number of nitrogens with one attached hydrogen (secondary N) is 4. The molecule has 0 aliphatic carbocycles. The van der Waals surface area contributed by atoms with Crippen LogP contribution in [0.1, 0.15) is 108 Å². The van der Waals surface area contributed by atoms with Gasteiger partial charge in [-0.2, -0.15) is 0 Å². The molecule has 5 amide bonds. The highest BCUT2D eigenvalue weighted by molar-refractivity contribution is 6.06. The number of unbranched alkanes of at least 4 members (excludes halogenated alkanes) is 5. The third-order valence-electron chi connectivity index (χ3n) is 12.0. The van der Waals surface area contributed by atoms with Gasteiger partial charge in [0.1, 0.15) is 23.8 Å². The summed E-state index contributed by atoms with van der Waals surface area (Å²) < 4.78 is 9.80. The Morgan fingerprint density at radius 2 is 1.74 bits per heavy atom. The van der Waals surface area contributed by atoms with Gasteiger partial charge in [0, 0.05) is 80.0 Å². The van der Waals surface area contributed by atoms with E-state index in [9.17, 15) is 24.0 Å². The van der Waals surface area contributed by atoms with Crippen LogP contribution in [0, 0.1) is 0 Å². The fourth-order valence-corrected chi connectivity index (χ4v) is 8.31. The van der Waals surface area contributed by atoms with Crippen LogP contribution in [0.15, 0.2) is 91.5 Å². The summed E-state index contributed by atoms with van der Waals surface area (Å²) in [7, 11) is 1.88. The maximum absolute atomic E-state index is 13.1. The number of rotatable bonds is 23. The highest BCUT2D eigenvalue weighted by Gasteiger charge is 2.40. The van der Waals surface area contributed by atoms with E-state index >= 15 is 0 Å². The van der Waals surface area contributed by atoms with E-state index < -0.39 is 11.9 Å². The Hall–Kier alpha value is -7.83. The van der Waals surface area contributed by atoms with E-state index in [1.807, 2.05) is 65.0 Å². The number of piperidine rings is 1. The molecule has 2 aliphatic heterocycles. The smallest absolute Gasteiger partial charge is 0.255 e. The van der Waals surface area contributed by atoms with Crippen LogP contribution in [-0.2, 0) is 54.0 Å². The number of hydrogen-bond acceptors (Lipinski definition) is 13. The molecule has 3 aromatic heterocycles. The molecule has 0 bridgehead atoms. The summed E-state index contributed by atoms with van der Waals surface area (Å²) in [5.74, 6) is 0.737. The normalized spacial score (nSPS) is 14.4. The van der Waals surface area contributed by atoms with Crippen LogP contribution in [0.25, 0.3) is 11.5 Å². The van der Waals surface area contributed by atoms with Crippen LogP contribution >= 0.6 is 0 Å². The van der Waals surface area contributed by atoms with E-state index in [2.05, 4.69) is 51.7 Å². The van der Waals surface area contributed by atoms with E-state index in [0.717, 1.165) is 80.0 Å². The lowest BCUT2D eigenvalue weighted by atomic mass is 10.0. The first-order chi connectivity index (χ1) is 33.2. The molecule has 3 aromatic carbocycles. The van der Waals surface area contributed by atoms with Gasteiger partial charge < -0.3 is 30.2 Å². The van der Waals surface area contributed by atoms with Crippen LogP contribution in [-0.4, -0.2) is 86.8 Å². The molecule has 2 aliphatic rings. The van der Waals surface area contributed by atoms with E-state index in [1.54, 1.807) is 36.5 Å². The van der Waals surface area contributed by atoms with Crippen molar-refractivity contribution in [1.82, 2.24) is 55.3 Å². The standard InChI is InChI=1S/C49H55N13O6/c1-60-43(57-58-46(60)41-22-23-50-32-53-41)29-51-35-15-10-13-34(27-35)47(65)52-28-33-12-9-16-37(26-33)68-25-8-4-2-3-7-24-61-30-36(56-59-61)14-5-6-19-44(63)54-40-18-11-17-38-39(40)31-62(49(38)67)42-20-21-45(64)55-48(42)66/h9-13,15-18,22-23,26-27,30,32,42,51H,2-8,14,19-21,24-25,28-29,31H2,1H3,(H,52,65)(H,54,63)(H,55,64,66). The number of benzene rings is 3. The fourth-order valence-electron chi connectivity index (χ4n) is 8.31. The molecule has 0 spiro atoms. The van der Waals surface area contributed by atoms with Gasteiger partial charge in [-0.05, 0) is 92.6 Å². The molecule has 1 atom stereocenters. The van der Waals surface area contributed by atoms with Crippen molar-refractivity contribution in [1.29, 1.82) is 0 Å². The van der Waals surface area contributed by atoms with Crippen LogP contribution in [0.3, 0.4) is 0 Å². The van der Waals surface area contributed by atoms with Crippen molar-refractivity contribution in [3.63, 3.8) is 0 Å². The lowest BCUT2D eigenvalue weighted by molar-refractivity contribution is -0.137. The van der Waals surface area contributed by atoms with Crippen LogP contribution in [0.2, 0.25) is 0 Å². The SMILES string of the molecule is Cn1c(CNc2cccc(C(=O)NCc3cccc(OCCCCCCCn4cc(CCCCC(=O)Nc5cccc6c5CN(C5CCC(=O)NC5=O)C6=O)nn4)c3)c2)nnc1-c1ccncn1. The molecule has 0 saturated carbocycles. The summed E-state index contributed by atoms with van der Waals surface area (Å²) in [6.45, 7) is 2.38. The minimum absolute atomic E-state index is 0.146. The lowest BCUT2D eigenvalue weighted by Crippen LogP contribution is -2.52. The van der Waals surface area contributed by atoms with Gasteiger partial charge in [0.2, 0.25) is 17.7 Å². The molecule has 19 heteroatoms. The summed E-state index contributed by atoms with van der Waals surface area (Å²) in [5.41, 5.74) is 5.56. The predicted octanol–water partition coefficient (Wildman–Crippen LogP) is 5.55. The third-order valence-corrected chi connectivity index (χ3v) is 12.0. The molecular weight excluding hydrogens is 867 g/mol. The number of amides is 5. The first kappa shape index (κ1) is 46.7. The largest absolute Gasteiger partial charge is 0.494 e. The Morgan fingerprint density at radius 1 is 0.882 bits per heavy atom. The molecule has 19 nitrogen and oxygen atoms in total. The molecule has 5 heterocycles. The second kappa shape index (κ2) is 22.6. The summed E-state index contributed by atoms with van der Waals surface area (Å²) in [6.07, 6.45) is 13.2. The molecule has 8 rings (SSSR count). The Morgan fingerprint density at radius 3 is 2.60 bits per heavy atom.